The fourth-order valence-corrected chi connectivity index (χ4v) is 1.61. The minimum Gasteiger partial charge on any atom is -0.384 e. The third kappa shape index (κ3) is 1.56. The molecule has 18 heavy (non-hydrogen) atoms. The standard InChI is InChI=1S/C10H9N7O/c11-5-2-1-4(3-13-5)7-14-6-8(15-7)16-10(12)17-9(6)18/h1-3H,(H2,11,13)(H4,12,14,15,16,17,18). The first-order chi connectivity index (χ1) is 8.63. The van der Waals surface area contributed by atoms with E-state index in [1.807, 2.05) is 0 Å². The monoisotopic (exact) mass is 243 g/mol. The largest absolute Gasteiger partial charge is 0.384 e. The second-order valence-electron chi connectivity index (χ2n) is 3.71. The zero-order valence-electron chi connectivity index (χ0n) is 9.14. The highest BCUT2D eigenvalue weighted by Gasteiger charge is 2.10. The maximum absolute atomic E-state index is 11.6. The Balaban J connectivity index is 2.22. The zero-order chi connectivity index (χ0) is 12.7. The van der Waals surface area contributed by atoms with Crippen LogP contribution < -0.4 is 17.0 Å². The van der Waals surface area contributed by atoms with Crippen molar-refractivity contribution in [2.75, 3.05) is 11.5 Å². The van der Waals surface area contributed by atoms with Crippen LogP contribution in [0.5, 0.6) is 0 Å². The van der Waals surface area contributed by atoms with E-state index in [9.17, 15) is 4.79 Å². The van der Waals surface area contributed by atoms with Gasteiger partial charge in [-0.3, -0.25) is 9.78 Å². The van der Waals surface area contributed by atoms with Crippen LogP contribution >= 0.6 is 0 Å². The lowest BCUT2D eigenvalue weighted by Gasteiger charge is -1.95. The van der Waals surface area contributed by atoms with Gasteiger partial charge in [0.05, 0.1) is 0 Å². The van der Waals surface area contributed by atoms with Crippen LogP contribution in [-0.4, -0.2) is 24.9 Å². The Labute approximate surface area is 100 Å². The third-order valence-corrected chi connectivity index (χ3v) is 2.44. The molecule has 8 heteroatoms. The van der Waals surface area contributed by atoms with Gasteiger partial charge in [0.15, 0.2) is 11.2 Å². The highest BCUT2D eigenvalue weighted by atomic mass is 16.1. The molecule has 0 saturated heterocycles. The van der Waals surface area contributed by atoms with Crippen molar-refractivity contribution < 1.29 is 0 Å². The Morgan fingerprint density at radius 2 is 1.94 bits per heavy atom. The fourth-order valence-electron chi connectivity index (χ4n) is 1.61. The molecule has 6 N–H and O–H groups in total. The number of imidazole rings is 1. The first kappa shape index (κ1) is 10.3. The van der Waals surface area contributed by atoms with Gasteiger partial charge in [0, 0.05) is 11.8 Å². The molecule has 3 rings (SSSR count). The molecule has 8 nitrogen and oxygen atoms in total. The molecule has 0 aromatic carbocycles. The summed E-state index contributed by atoms with van der Waals surface area (Å²) < 4.78 is 0. The van der Waals surface area contributed by atoms with Gasteiger partial charge < -0.3 is 16.5 Å². The molecule has 3 aromatic rings. The second kappa shape index (κ2) is 3.55. The lowest BCUT2D eigenvalue weighted by Crippen LogP contribution is -2.10. The van der Waals surface area contributed by atoms with Crippen LogP contribution in [0.2, 0.25) is 0 Å². The topological polar surface area (TPSA) is 139 Å². The SMILES string of the molecule is Nc1ccc(-c2nc3nc(N)[nH]c(=O)c3[nH]2)cn1. The van der Waals surface area contributed by atoms with Crippen LogP contribution in [-0.2, 0) is 0 Å². The number of aromatic amines is 2. The third-order valence-electron chi connectivity index (χ3n) is 2.44. The minimum atomic E-state index is -0.361. The van der Waals surface area contributed by atoms with E-state index in [1.54, 1.807) is 18.3 Å². The number of pyridine rings is 1. The summed E-state index contributed by atoms with van der Waals surface area (Å²) in [5.41, 5.74) is 11.8. The van der Waals surface area contributed by atoms with E-state index >= 15 is 0 Å². The van der Waals surface area contributed by atoms with E-state index in [4.69, 9.17) is 11.5 Å². The van der Waals surface area contributed by atoms with Crippen LogP contribution in [0, 0.1) is 0 Å². The van der Waals surface area contributed by atoms with Gasteiger partial charge in [0.2, 0.25) is 5.95 Å². The number of H-pyrrole nitrogens is 2. The molecule has 0 unspecified atom stereocenters. The molecule has 0 fully saturated rings. The van der Waals surface area contributed by atoms with Gasteiger partial charge in [-0.15, -0.1) is 0 Å². The predicted octanol–water partition coefficient (Wildman–Crippen LogP) is -0.127. The number of fused-ring (bicyclic) bond motifs is 1. The van der Waals surface area contributed by atoms with Crippen LogP contribution in [0.4, 0.5) is 11.8 Å². The number of nitrogens with zero attached hydrogens (tertiary/aromatic N) is 3. The smallest absolute Gasteiger partial charge is 0.278 e. The van der Waals surface area contributed by atoms with Gasteiger partial charge in [0.1, 0.15) is 11.6 Å². The normalized spacial score (nSPS) is 10.9. The van der Waals surface area contributed by atoms with Crippen molar-refractivity contribution >= 4 is 22.9 Å². The molecular formula is C10H9N7O. The van der Waals surface area contributed by atoms with Crippen molar-refractivity contribution in [3.63, 3.8) is 0 Å². The Morgan fingerprint density at radius 1 is 1.11 bits per heavy atom. The molecular weight excluding hydrogens is 234 g/mol. The number of nitrogen functional groups attached to an aromatic ring is 2. The number of nitrogens with one attached hydrogen (secondary N) is 2. The first-order valence-corrected chi connectivity index (χ1v) is 5.11. The predicted molar refractivity (Wildman–Crippen MR) is 66.6 cm³/mol. The highest BCUT2D eigenvalue weighted by Crippen LogP contribution is 2.17. The number of hydrogen-bond donors (Lipinski definition) is 4. The summed E-state index contributed by atoms with van der Waals surface area (Å²) in [5, 5.41) is 0. The molecule has 90 valence electrons. The molecule has 0 aliphatic carbocycles. The summed E-state index contributed by atoms with van der Waals surface area (Å²) in [4.78, 5) is 29.0. The van der Waals surface area contributed by atoms with Gasteiger partial charge >= 0.3 is 0 Å². The molecule has 0 amide bonds. The first-order valence-electron chi connectivity index (χ1n) is 5.11. The second-order valence-corrected chi connectivity index (χ2v) is 3.71. The number of nitrogens with two attached hydrogens (primary N) is 2. The average molecular weight is 243 g/mol. The van der Waals surface area contributed by atoms with E-state index in [0.717, 1.165) is 0 Å². The van der Waals surface area contributed by atoms with Gasteiger partial charge in [-0.05, 0) is 12.1 Å². The van der Waals surface area contributed by atoms with E-state index < -0.39 is 0 Å². The zero-order valence-corrected chi connectivity index (χ0v) is 9.14. The molecule has 0 saturated carbocycles. The lowest BCUT2D eigenvalue weighted by molar-refractivity contribution is 1.17. The molecule has 0 atom stereocenters. The van der Waals surface area contributed by atoms with Crippen molar-refractivity contribution in [3.8, 4) is 11.4 Å². The number of aromatic nitrogens is 5. The fraction of sp³-hybridized carbons (Fsp3) is 0. The van der Waals surface area contributed by atoms with Crippen LogP contribution in [0.25, 0.3) is 22.6 Å². The summed E-state index contributed by atoms with van der Waals surface area (Å²) in [6.45, 7) is 0. The Hall–Kier alpha value is -2.90. The van der Waals surface area contributed by atoms with Crippen molar-refractivity contribution in [2.45, 2.75) is 0 Å². The maximum Gasteiger partial charge on any atom is 0.278 e. The summed E-state index contributed by atoms with van der Waals surface area (Å²) in [5.74, 6) is 0.928. The highest BCUT2D eigenvalue weighted by molar-refractivity contribution is 5.75. The van der Waals surface area contributed by atoms with Crippen molar-refractivity contribution in [1.82, 2.24) is 24.9 Å². The van der Waals surface area contributed by atoms with Crippen molar-refractivity contribution in [3.05, 3.63) is 28.7 Å². The number of hydrogen-bond acceptors (Lipinski definition) is 6. The minimum absolute atomic E-state index is 0.0287. The van der Waals surface area contributed by atoms with Crippen LogP contribution in [0.3, 0.4) is 0 Å². The quantitative estimate of drug-likeness (QED) is 0.469. The van der Waals surface area contributed by atoms with Gasteiger partial charge in [-0.25, -0.2) is 9.97 Å². The van der Waals surface area contributed by atoms with E-state index in [1.165, 1.54) is 0 Å². The summed E-state index contributed by atoms with van der Waals surface area (Å²) in [7, 11) is 0. The van der Waals surface area contributed by atoms with Crippen LogP contribution in [0.1, 0.15) is 0 Å². The van der Waals surface area contributed by atoms with E-state index in [2.05, 4.69) is 24.9 Å². The number of anilines is 2. The molecule has 0 spiro atoms. The Morgan fingerprint density at radius 3 is 2.67 bits per heavy atom. The van der Waals surface area contributed by atoms with Gasteiger partial charge in [-0.2, -0.15) is 4.98 Å². The molecule has 0 aliphatic rings. The lowest BCUT2D eigenvalue weighted by atomic mass is 10.3. The summed E-state index contributed by atoms with van der Waals surface area (Å²) in [6.07, 6.45) is 1.56. The van der Waals surface area contributed by atoms with Gasteiger partial charge in [0.25, 0.3) is 5.56 Å². The molecule has 0 aliphatic heterocycles. The maximum atomic E-state index is 11.6. The molecule has 3 aromatic heterocycles. The van der Waals surface area contributed by atoms with Gasteiger partial charge in [-0.1, -0.05) is 0 Å². The van der Waals surface area contributed by atoms with Crippen LogP contribution in [0.15, 0.2) is 23.1 Å². The Bertz CT molecular complexity index is 771. The van der Waals surface area contributed by atoms with E-state index in [-0.39, 0.29) is 22.7 Å². The average Bonchev–Trinajstić information content (AvgIpc) is 2.74. The summed E-state index contributed by atoms with van der Waals surface area (Å²) in [6, 6.07) is 3.39. The summed E-state index contributed by atoms with van der Waals surface area (Å²) >= 11 is 0. The molecule has 3 heterocycles. The Kier molecular flexibility index (Phi) is 2.03. The van der Waals surface area contributed by atoms with Crippen molar-refractivity contribution in [2.24, 2.45) is 0 Å². The molecule has 0 radical (unpaired) electrons. The van der Waals surface area contributed by atoms with E-state index in [0.29, 0.717) is 17.2 Å². The number of rotatable bonds is 1. The van der Waals surface area contributed by atoms with Crippen molar-refractivity contribution in [1.29, 1.82) is 0 Å². The molecule has 0 bridgehead atoms.